The number of nitro benzene ring substituents is 1. The molecule has 5 nitrogen and oxygen atoms in total. The van der Waals surface area contributed by atoms with Crippen LogP contribution in [0.15, 0.2) is 18.2 Å². The predicted molar refractivity (Wildman–Crippen MR) is 77.9 cm³/mol. The first-order valence-electron chi connectivity index (χ1n) is 7.12. The quantitative estimate of drug-likeness (QED) is 0.614. The highest BCUT2D eigenvalue weighted by Gasteiger charge is 2.34. The molecule has 110 valence electrons. The first-order valence-corrected chi connectivity index (χ1v) is 7.12. The second-order valence-corrected chi connectivity index (χ2v) is 5.61. The summed E-state index contributed by atoms with van der Waals surface area (Å²) in [5, 5.41) is 14.3. The molecule has 1 aromatic carbocycles. The van der Waals surface area contributed by atoms with E-state index in [1.807, 2.05) is 6.07 Å². The van der Waals surface area contributed by atoms with Crippen molar-refractivity contribution in [3.8, 4) is 5.75 Å². The largest absolute Gasteiger partial charge is 0.496 e. The molecule has 0 radical (unpaired) electrons. The summed E-state index contributed by atoms with van der Waals surface area (Å²) in [5.74, 6) is 0.532. The molecule has 0 unspecified atom stereocenters. The summed E-state index contributed by atoms with van der Waals surface area (Å²) in [4.78, 5) is 10.5. The molecule has 1 aliphatic rings. The van der Waals surface area contributed by atoms with E-state index in [4.69, 9.17) is 4.74 Å². The third-order valence-electron chi connectivity index (χ3n) is 4.39. The highest BCUT2D eigenvalue weighted by molar-refractivity contribution is 5.42. The van der Waals surface area contributed by atoms with Gasteiger partial charge in [-0.15, -0.1) is 0 Å². The minimum atomic E-state index is -0.383. The number of nitrogens with zero attached hydrogens (tertiary/aromatic N) is 1. The van der Waals surface area contributed by atoms with Crippen LogP contribution in [-0.4, -0.2) is 18.6 Å². The molecule has 0 bridgehead atoms. The smallest absolute Gasteiger partial charge is 0.273 e. The number of hydrogen-bond donors (Lipinski definition) is 1. The average molecular weight is 278 g/mol. The molecule has 0 aliphatic heterocycles. The zero-order valence-electron chi connectivity index (χ0n) is 12.1. The summed E-state index contributed by atoms with van der Waals surface area (Å²) >= 11 is 0. The van der Waals surface area contributed by atoms with Crippen molar-refractivity contribution in [3.05, 3.63) is 33.9 Å². The predicted octanol–water partition coefficient (Wildman–Crippen LogP) is 3.27. The first-order chi connectivity index (χ1) is 9.58. The van der Waals surface area contributed by atoms with Crippen LogP contribution in [0.4, 0.5) is 5.69 Å². The lowest BCUT2D eigenvalue weighted by atomic mass is 9.67. The molecule has 1 aromatic rings. The average Bonchev–Trinajstić information content (AvgIpc) is 2.41. The fourth-order valence-corrected chi connectivity index (χ4v) is 2.77. The summed E-state index contributed by atoms with van der Waals surface area (Å²) in [6.45, 7) is 3.85. The van der Waals surface area contributed by atoms with E-state index in [1.165, 1.54) is 38.9 Å². The van der Waals surface area contributed by atoms with E-state index in [1.54, 1.807) is 6.07 Å². The number of rotatable bonds is 7. The van der Waals surface area contributed by atoms with Crippen LogP contribution in [0.1, 0.15) is 38.2 Å². The number of nitrogens with one attached hydrogen (secondary N) is 1. The van der Waals surface area contributed by atoms with E-state index < -0.39 is 0 Å². The fourth-order valence-electron chi connectivity index (χ4n) is 2.77. The Morgan fingerprint density at radius 1 is 1.40 bits per heavy atom. The van der Waals surface area contributed by atoms with Crippen LogP contribution in [0, 0.1) is 15.5 Å². The Bertz CT molecular complexity index is 478. The highest BCUT2D eigenvalue weighted by Crippen LogP contribution is 2.43. The topological polar surface area (TPSA) is 64.4 Å². The summed E-state index contributed by atoms with van der Waals surface area (Å²) in [6.07, 6.45) is 5.09. The van der Waals surface area contributed by atoms with Gasteiger partial charge >= 0.3 is 0 Å². The summed E-state index contributed by atoms with van der Waals surface area (Å²) in [7, 11) is 1.52. The number of hydrogen-bond acceptors (Lipinski definition) is 4. The Labute approximate surface area is 119 Å². The maximum atomic E-state index is 10.9. The number of non-ortho nitro benzene ring substituents is 1. The van der Waals surface area contributed by atoms with Gasteiger partial charge in [-0.1, -0.05) is 13.3 Å². The number of nitro groups is 1. The Hall–Kier alpha value is -1.62. The normalized spacial score (nSPS) is 16.5. The van der Waals surface area contributed by atoms with E-state index in [0.717, 1.165) is 12.1 Å². The van der Waals surface area contributed by atoms with Gasteiger partial charge in [0.1, 0.15) is 5.75 Å². The molecule has 2 rings (SSSR count). The van der Waals surface area contributed by atoms with Crippen molar-refractivity contribution in [2.75, 3.05) is 13.7 Å². The lowest BCUT2D eigenvalue weighted by molar-refractivity contribution is -0.385. The minimum Gasteiger partial charge on any atom is -0.496 e. The monoisotopic (exact) mass is 278 g/mol. The molecule has 1 saturated carbocycles. The van der Waals surface area contributed by atoms with Gasteiger partial charge in [-0.2, -0.15) is 0 Å². The molecule has 1 fully saturated rings. The van der Waals surface area contributed by atoms with E-state index in [0.29, 0.717) is 17.7 Å². The summed E-state index contributed by atoms with van der Waals surface area (Å²) in [5.41, 5.74) is 1.42. The van der Waals surface area contributed by atoms with Gasteiger partial charge in [0.15, 0.2) is 0 Å². The highest BCUT2D eigenvalue weighted by atomic mass is 16.6. The Balaban J connectivity index is 1.98. The standard InChI is InChI=1S/C15H22N2O3/c1-3-15(5-4-6-15)11-16-10-12-7-13(17(18)19)9-14(8-12)20-2/h7-9,16H,3-6,10-11H2,1-2H3. The molecule has 0 spiro atoms. The van der Waals surface area contributed by atoms with Crippen LogP contribution >= 0.6 is 0 Å². The van der Waals surface area contributed by atoms with Crippen molar-refractivity contribution in [2.24, 2.45) is 5.41 Å². The van der Waals surface area contributed by atoms with E-state index in [-0.39, 0.29) is 10.6 Å². The van der Waals surface area contributed by atoms with Gasteiger partial charge < -0.3 is 10.1 Å². The van der Waals surface area contributed by atoms with Crippen LogP contribution in [0.5, 0.6) is 5.75 Å². The molecule has 0 saturated heterocycles. The minimum absolute atomic E-state index is 0.0787. The van der Waals surface area contributed by atoms with Crippen molar-refractivity contribution in [2.45, 2.75) is 39.2 Å². The summed E-state index contributed by atoms with van der Waals surface area (Å²) in [6, 6.07) is 4.90. The van der Waals surface area contributed by atoms with Crippen molar-refractivity contribution in [3.63, 3.8) is 0 Å². The second-order valence-electron chi connectivity index (χ2n) is 5.61. The Kier molecular flexibility index (Phi) is 4.60. The van der Waals surface area contributed by atoms with Gasteiger partial charge in [0.2, 0.25) is 0 Å². The molecular formula is C15H22N2O3. The van der Waals surface area contributed by atoms with Crippen LogP contribution in [0.2, 0.25) is 0 Å². The second kappa shape index (κ2) is 6.22. The third-order valence-corrected chi connectivity index (χ3v) is 4.39. The lowest BCUT2D eigenvalue weighted by Gasteiger charge is -2.41. The fraction of sp³-hybridized carbons (Fsp3) is 0.600. The number of ether oxygens (including phenoxy) is 1. The van der Waals surface area contributed by atoms with Gasteiger partial charge in [-0.3, -0.25) is 10.1 Å². The zero-order chi connectivity index (χ0) is 14.6. The Morgan fingerprint density at radius 3 is 2.65 bits per heavy atom. The van der Waals surface area contributed by atoms with Gasteiger partial charge in [0, 0.05) is 19.2 Å². The van der Waals surface area contributed by atoms with Crippen molar-refractivity contribution in [1.82, 2.24) is 5.32 Å². The molecule has 5 heteroatoms. The molecule has 1 aliphatic carbocycles. The van der Waals surface area contributed by atoms with E-state index in [2.05, 4.69) is 12.2 Å². The van der Waals surface area contributed by atoms with Gasteiger partial charge in [0.05, 0.1) is 18.1 Å². The first kappa shape index (κ1) is 14.8. The molecule has 0 aromatic heterocycles. The molecule has 20 heavy (non-hydrogen) atoms. The molecule has 0 heterocycles. The zero-order valence-corrected chi connectivity index (χ0v) is 12.1. The maximum Gasteiger partial charge on any atom is 0.273 e. The molecule has 0 amide bonds. The van der Waals surface area contributed by atoms with Crippen molar-refractivity contribution in [1.29, 1.82) is 0 Å². The number of benzene rings is 1. The lowest BCUT2D eigenvalue weighted by Crippen LogP contribution is -2.39. The van der Waals surface area contributed by atoms with Gasteiger partial charge in [-0.05, 0) is 36.3 Å². The van der Waals surface area contributed by atoms with Crippen molar-refractivity contribution < 1.29 is 9.66 Å². The molecular weight excluding hydrogens is 256 g/mol. The van der Waals surface area contributed by atoms with Crippen LogP contribution in [0.3, 0.4) is 0 Å². The van der Waals surface area contributed by atoms with Gasteiger partial charge in [-0.25, -0.2) is 0 Å². The molecule has 0 atom stereocenters. The SMILES string of the molecule is CCC1(CNCc2cc(OC)cc([N+](=O)[O-])c2)CCC1. The van der Waals surface area contributed by atoms with E-state index >= 15 is 0 Å². The molecule has 1 N–H and O–H groups in total. The van der Waals surface area contributed by atoms with Crippen molar-refractivity contribution >= 4 is 5.69 Å². The van der Waals surface area contributed by atoms with Crippen LogP contribution < -0.4 is 10.1 Å². The van der Waals surface area contributed by atoms with Crippen LogP contribution in [-0.2, 0) is 6.54 Å². The maximum absolute atomic E-state index is 10.9. The van der Waals surface area contributed by atoms with E-state index in [9.17, 15) is 10.1 Å². The van der Waals surface area contributed by atoms with Gasteiger partial charge in [0.25, 0.3) is 5.69 Å². The number of methoxy groups -OCH3 is 1. The summed E-state index contributed by atoms with van der Waals surface area (Å²) < 4.78 is 5.11. The third kappa shape index (κ3) is 3.28. The Morgan fingerprint density at radius 2 is 2.15 bits per heavy atom. The van der Waals surface area contributed by atoms with Crippen LogP contribution in [0.25, 0.3) is 0 Å².